The van der Waals surface area contributed by atoms with E-state index in [4.69, 9.17) is 4.74 Å². The molecule has 2 aromatic rings. The van der Waals surface area contributed by atoms with Crippen LogP contribution in [0.2, 0.25) is 0 Å². The van der Waals surface area contributed by atoms with Crippen molar-refractivity contribution in [2.45, 2.75) is 13.0 Å². The molecule has 5 nitrogen and oxygen atoms in total. The van der Waals surface area contributed by atoms with Crippen molar-refractivity contribution in [3.8, 4) is 0 Å². The Labute approximate surface area is 164 Å². The van der Waals surface area contributed by atoms with Gasteiger partial charge in [-0.3, -0.25) is 9.59 Å². The highest BCUT2D eigenvalue weighted by atomic mass is 79.9. The number of aliphatic hydroxyl groups is 1. The highest BCUT2D eigenvalue weighted by Crippen LogP contribution is 2.41. The van der Waals surface area contributed by atoms with E-state index in [9.17, 15) is 14.7 Å². The molecule has 1 saturated heterocycles. The minimum absolute atomic E-state index is 0.121. The van der Waals surface area contributed by atoms with Gasteiger partial charge in [0.1, 0.15) is 5.76 Å². The SMILES string of the molecule is COCCN1C(=O)C(=O)/C(=C(\O)c2ccc(Br)c(C)c2)C1c1cccs1. The van der Waals surface area contributed by atoms with Crippen LogP contribution in [0.1, 0.15) is 22.0 Å². The molecule has 1 N–H and O–H groups in total. The number of rotatable bonds is 5. The van der Waals surface area contributed by atoms with E-state index in [1.807, 2.05) is 30.5 Å². The van der Waals surface area contributed by atoms with Gasteiger partial charge in [0, 0.05) is 28.6 Å². The van der Waals surface area contributed by atoms with Crippen molar-refractivity contribution in [1.82, 2.24) is 4.90 Å². The number of aryl methyl sites for hydroxylation is 1. The summed E-state index contributed by atoms with van der Waals surface area (Å²) in [4.78, 5) is 27.5. The second-order valence-corrected chi connectivity index (χ2v) is 7.80. The van der Waals surface area contributed by atoms with Crippen LogP contribution in [-0.2, 0) is 14.3 Å². The Hall–Kier alpha value is -1.96. The summed E-state index contributed by atoms with van der Waals surface area (Å²) < 4.78 is 5.98. The van der Waals surface area contributed by atoms with Crippen LogP contribution < -0.4 is 0 Å². The summed E-state index contributed by atoms with van der Waals surface area (Å²) in [5.74, 6) is -1.44. The zero-order valence-electron chi connectivity index (χ0n) is 14.4. The van der Waals surface area contributed by atoms with Gasteiger partial charge in [0.15, 0.2) is 0 Å². The first-order chi connectivity index (χ1) is 12.5. The molecular formula is C19H18BrNO4S. The number of aliphatic hydroxyl groups excluding tert-OH is 1. The van der Waals surface area contributed by atoms with Crippen molar-refractivity contribution in [3.63, 3.8) is 0 Å². The number of ketones is 1. The first-order valence-corrected chi connectivity index (χ1v) is 9.70. The Morgan fingerprint density at radius 2 is 2.12 bits per heavy atom. The summed E-state index contributed by atoms with van der Waals surface area (Å²) >= 11 is 4.87. The lowest BCUT2D eigenvalue weighted by molar-refractivity contribution is -0.140. The molecule has 1 aliphatic rings. The largest absolute Gasteiger partial charge is 0.507 e. The number of methoxy groups -OCH3 is 1. The highest BCUT2D eigenvalue weighted by molar-refractivity contribution is 9.10. The molecule has 0 spiro atoms. The fourth-order valence-corrected chi connectivity index (χ4v) is 4.08. The van der Waals surface area contributed by atoms with Crippen LogP contribution in [-0.4, -0.2) is 42.0 Å². The van der Waals surface area contributed by atoms with Crippen molar-refractivity contribution in [2.75, 3.05) is 20.3 Å². The van der Waals surface area contributed by atoms with Gasteiger partial charge in [-0.25, -0.2) is 0 Å². The molecule has 1 atom stereocenters. The number of halogens is 1. The first kappa shape index (κ1) is 18.8. The molecule has 1 fully saturated rings. The van der Waals surface area contributed by atoms with Crippen molar-refractivity contribution >= 4 is 44.7 Å². The second kappa shape index (κ2) is 7.73. The van der Waals surface area contributed by atoms with Crippen molar-refractivity contribution in [1.29, 1.82) is 0 Å². The number of Topliss-reactive ketones (excluding diaryl/α,β-unsaturated/α-hetero) is 1. The van der Waals surface area contributed by atoms with Crippen molar-refractivity contribution in [2.24, 2.45) is 0 Å². The van der Waals surface area contributed by atoms with Crippen LogP contribution in [0.25, 0.3) is 5.76 Å². The van der Waals surface area contributed by atoms with Crippen molar-refractivity contribution in [3.05, 3.63) is 61.8 Å². The van der Waals surface area contributed by atoms with Crippen LogP contribution in [0, 0.1) is 6.92 Å². The minimum Gasteiger partial charge on any atom is -0.507 e. The zero-order valence-corrected chi connectivity index (χ0v) is 16.8. The molecule has 1 unspecified atom stereocenters. The number of carbonyl (C=O) groups excluding carboxylic acids is 2. The van der Waals surface area contributed by atoms with Gasteiger partial charge in [-0.15, -0.1) is 11.3 Å². The number of likely N-dealkylation sites (tertiary alicyclic amines) is 1. The van der Waals surface area contributed by atoms with E-state index >= 15 is 0 Å². The van der Waals surface area contributed by atoms with Crippen LogP contribution in [0.4, 0.5) is 0 Å². The number of benzene rings is 1. The molecule has 0 radical (unpaired) electrons. The predicted octanol–water partition coefficient (Wildman–Crippen LogP) is 3.89. The normalized spacial score (nSPS) is 19.3. The Bertz CT molecular complexity index is 876. The third-order valence-electron chi connectivity index (χ3n) is 4.32. The molecule has 2 heterocycles. The number of carbonyl (C=O) groups is 2. The van der Waals surface area contributed by atoms with Crippen LogP contribution in [0.5, 0.6) is 0 Å². The molecule has 26 heavy (non-hydrogen) atoms. The highest BCUT2D eigenvalue weighted by Gasteiger charge is 2.46. The number of thiophene rings is 1. The molecule has 136 valence electrons. The summed E-state index contributed by atoms with van der Waals surface area (Å²) in [5.41, 5.74) is 1.56. The third-order valence-corrected chi connectivity index (χ3v) is 6.13. The van der Waals surface area contributed by atoms with E-state index in [1.165, 1.54) is 16.2 Å². The maximum Gasteiger partial charge on any atom is 0.295 e. The molecule has 0 bridgehead atoms. The lowest BCUT2D eigenvalue weighted by Crippen LogP contribution is -2.32. The summed E-state index contributed by atoms with van der Waals surface area (Å²) in [6, 6.07) is 8.44. The average Bonchev–Trinajstić information content (AvgIpc) is 3.23. The summed E-state index contributed by atoms with van der Waals surface area (Å²) in [6.07, 6.45) is 0. The number of ether oxygens (including phenoxy) is 1. The number of hydrogen-bond acceptors (Lipinski definition) is 5. The molecule has 0 saturated carbocycles. The van der Waals surface area contributed by atoms with Gasteiger partial charge in [0.05, 0.1) is 18.2 Å². The zero-order chi connectivity index (χ0) is 18.8. The van der Waals surface area contributed by atoms with E-state index in [1.54, 1.807) is 19.2 Å². The molecule has 1 aliphatic heterocycles. The molecule has 0 aliphatic carbocycles. The van der Waals surface area contributed by atoms with Gasteiger partial charge in [-0.2, -0.15) is 0 Å². The van der Waals surface area contributed by atoms with Gasteiger partial charge in [-0.05, 0) is 36.1 Å². The Morgan fingerprint density at radius 3 is 2.73 bits per heavy atom. The molecule has 7 heteroatoms. The molecular weight excluding hydrogens is 418 g/mol. The minimum atomic E-state index is -0.669. The van der Waals surface area contributed by atoms with Gasteiger partial charge < -0.3 is 14.7 Å². The molecule has 1 aromatic carbocycles. The van der Waals surface area contributed by atoms with Crippen LogP contribution in [0.15, 0.2) is 45.8 Å². The van der Waals surface area contributed by atoms with E-state index in [0.29, 0.717) is 12.2 Å². The Balaban J connectivity index is 2.14. The van der Waals surface area contributed by atoms with Gasteiger partial charge in [0.25, 0.3) is 11.7 Å². The lowest BCUT2D eigenvalue weighted by Gasteiger charge is -2.23. The summed E-state index contributed by atoms with van der Waals surface area (Å²) in [5, 5.41) is 12.8. The summed E-state index contributed by atoms with van der Waals surface area (Å²) in [6.45, 7) is 2.49. The maximum absolute atomic E-state index is 12.7. The summed E-state index contributed by atoms with van der Waals surface area (Å²) in [7, 11) is 1.54. The second-order valence-electron chi connectivity index (χ2n) is 5.96. The number of nitrogens with zero attached hydrogens (tertiary/aromatic N) is 1. The van der Waals surface area contributed by atoms with Crippen molar-refractivity contribution < 1.29 is 19.4 Å². The van der Waals surface area contributed by atoms with Crippen LogP contribution in [0.3, 0.4) is 0 Å². The van der Waals surface area contributed by atoms with E-state index in [2.05, 4.69) is 15.9 Å². The van der Waals surface area contributed by atoms with Gasteiger partial charge >= 0.3 is 0 Å². The quantitative estimate of drug-likeness (QED) is 0.439. The smallest absolute Gasteiger partial charge is 0.295 e. The fraction of sp³-hybridized carbons (Fsp3) is 0.263. The van der Waals surface area contributed by atoms with Gasteiger partial charge in [0.2, 0.25) is 0 Å². The topological polar surface area (TPSA) is 66.8 Å². The number of amides is 1. The standard InChI is InChI=1S/C19H18BrNO4S/c1-11-10-12(5-6-13(11)20)17(22)15-16(14-4-3-9-26-14)21(7-8-25-2)19(24)18(15)23/h3-6,9-10,16,22H,7-8H2,1-2H3/b17-15-. The average molecular weight is 436 g/mol. The monoisotopic (exact) mass is 435 g/mol. The third kappa shape index (κ3) is 3.34. The van der Waals surface area contributed by atoms with E-state index in [0.717, 1.165) is 14.9 Å². The Kier molecular flexibility index (Phi) is 5.60. The predicted molar refractivity (Wildman–Crippen MR) is 104 cm³/mol. The molecule has 1 aromatic heterocycles. The van der Waals surface area contributed by atoms with Crippen LogP contribution >= 0.6 is 27.3 Å². The first-order valence-electron chi connectivity index (χ1n) is 8.03. The maximum atomic E-state index is 12.7. The number of hydrogen-bond donors (Lipinski definition) is 1. The molecule has 3 rings (SSSR count). The van der Waals surface area contributed by atoms with E-state index in [-0.39, 0.29) is 17.9 Å². The Morgan fingerprint density at radius 1 is 1.35 bits per heavy atom. The fourth-order valence-electron chi connectivity index (χ4n) is 2.99. The lowest BCUT2D eigenvalue weighted by atomic mass is 9.99. The molecule has 1 amide bonds. The van der Waals surface area contributed by atoms with Gasteiger partial charge in [-0.1, -0.05) is 28.1 Å². The van der Waals surface area contributed by atoms with E-state index < -0.39 is 17.7 Å².